The Bertz CT molecular complexity index is 814. The average molecular weight is 367 g/mol. The Hall–Kier alpha value is -2.94. The number of hydrogen-bond acceptors (Lipinski definition) is 3. The number of phenols is 1. The van der Waals surface area contributed by atoms with Crippen LogP contribution in [0.25, 0.3) is 0 Å². The van der Waals surface area contributed by atoms with Gasteiger partial charge in [-0.05, 0) is 81.2 Å². The number of phenolic OH excluding ortho intramolecular Hbond substituents is 1. The van der Waals surface area contributed by atoms with Gasteiger partial charge < -0.3 is 15.3 Å². The van der Waals surface area contributed by atoms with Crippen molar-refractivity contribution in [2.75, 3.05) is 0 Å². The van der Waals surface area contributed by atoms with Gasteiger partial charge in [0.05, 0.1) is 0 Å². The normalized spacial score (nSPS) is 15.1. The first-order valence-corrected chi connectivity index (χ1v) is 8.90. The number of hydrogen-bond donors (Lipinski definition) is 3. The molecule has 0 bridgehead atoms. The van der Waals surface area contributed by atoms with Crippen molar-refractivity contribution in [2.24, 2.45) is 0 Å². The third-order valence-electron chi connectivity index (χ3n) is 4.61. The summed E-state index contributed by atoms with van der Waals surface area (Å²) in [4.78, 5) is 0. The lowest BCUT2D eigenvalue weighted by atomic mass is 9.69. The second kappa shape index (κ2) is 9.67. The molecule has 1 rings (SSSR count). The molecule has 1 aromatic carbocycles. The van der Waals surface area contributed by atoms with Crippen LogP contribution in [0, 0.1) is 0 Å². The third-order valence-corrected chi connectivity index (χ3v) is 4.61. The summed E-state index contributed by atoms with van der Waals surface area (Å²) >= 11 is 0. The Morgan fingerprint density at radius 3 is 1.78 bits per heavy atom. The molecule has 0 aromatic heterocycles. The van der Waals surface area contributed by atoms with Crippen molar-refractivity contribution in [3.63, 3.8) is 0 Å². The van der Waals surface area contributed by atoms with E-state index < -0.39 is 5.41 Å². The minimum Gasteiger partial charge on any atom is -0.509 e. The topological polar surface area (TPSA) is 60.7 Å². The van der Waals surface area contributed by atoms with Crippen LogP contribution in [0.5, 0.6) is 5.75 Å². The first-order chi connectivity index (χ1) is 12.7. The van der Waals surface area contributed by atoms with Crippen LogP contribution < -0.4 is 0 Å². The molecule has 0 heterocycles. The van der Waals surface area contributed by atoms with Gasteiger partial charge in [-0.15, -0.1) is 0 Å². The zero-order valence-electron chi connectivity index (χ0n) is 16.8. The number of benzene rings is 1. The van der Waals surface area contributed by atoms with Gasteiger partial charge in [-0.3, -0.25) is 0 Å². The highest BCUT2D eigenvalue weighted by atomic mass is 16.3. The smallest absolute Gasteiger partial charge is 0.115 e. The Balaban J connectivity index is 3.64. The molecule has 0 fully saturated rings. The fourth-order valence-electron chi connectivity index (χ4n) is 2.92. The van der Waals surface area contributed by atoms with Gasteiger partial charge >= 0.3 is 0 Å². The molecule has 3 nitrogen and oxygen atoms in total. The zero-order chi connectivity index (χ0) is 20.6. The van der Waals surface area contributed by atoms with E-state index in [1.165, 1.54) is 0 Å². The predicted octanol–water partition coefficient (Wildman–Crippen LogP) is 6.58. The lowest BCUT2D eigenvalue weighted by Gasteiger charge is -2.34. The highest BCUT2D eigenvalue weighted by Gasteiger charge is 2.32. The van der Waals surface area contributed by atoms with Crippen LogP contribution in [0.4, 0.5) is 0 Å². The van der Waals surface area contributed by atoms with Crippen molar-refractivity contribution in [1.82, 2.24) is 0 Å². The molecule has 0 radical (unpaired) electrons. The molecule has 27 heavy (non-hydrogen) atoms. The lowest BCUT2D eigenvalue weighted by Crippen LogP contribution is -2.26. The van der Waals surface area contributed by atoms with Gasteiger partial charge in [0.1, 0.15) is 17.3 Å². The molecule has 1 atom stereocenters. The van der Waals surface area contributed by atoms with Crippen LogP contribution in [-0.2, 0) is 5.41 Å². The monoisotopic (exact) mass is 366 g/mol. The fourth-order valence-corrected chi connectivity index (χ4v) is 2.92. The van der Waals surface area contributed by atoms with E-state index >= 15 is 0 Å². The molecule has 1 aromatic rings. The summed E-state index contributed by atoms with van der Waals surface area (Å²) in [5, 5.41) is 29.3. The van der Waals surface area contributed by atoms with Gasteiger partial charge in [0, 0.05) is 5.41 Å². The Kier molecular flexibility index (Phi) is 7.92. The molecule has 1 unspecified atom stereocenters. The van der Waals surface area contributed by atoms with Crippen molar-refractivity contribution in [3.05, 3.63) is 101 Å². The van der Waals surface area contributed by atoms with Crippen LogP contribution in [0.15, 0.2) is 95.5 Å². The molecule has 0 aliphatic heterocycles. The summed E-state index contributed by atoms with van der Waals surface area (Å²) in [6.07, 6.45) is 10.9. The standard InChI is InChI=1S/C24H30O3/c1-7-19(10-9-18(5)25)24(6,21-11-14-22(26)15-12-21)20(8-2)13-16-23(27)17(3)4/h7-16,25-27H,5H2,1-4,6H3/b10-9-,16-13-,19-7+,20-8+. The summed E-state index contributed by atoms with van der Waals surface area (Å²) in [7, 11) is 0. The molecular weight excluding hydrogens is 336 g/mol. The molecule has 0 spiro atoms. The van der Waals surface area contributed by atoms with E-state index in [-0.39, 0.29) is 17.3 Å². The number of aliphatic hydroxyl groups is 2. The number of allylic oxidation sites excluding steroid dienone is 9. The van der Waals surface area contributed by atoms with Crippen molar-refractivity contribution >= 4 is 0 Å². The summed E-state index contributed by atoms with van der Waals surface area (Å²) in [5.41, 5.74) is 3.13. The highest BCUT2D eigenvalue weighted by molar-refractivity contribution is 5.54. The van der Waals surface area contributed by atoms with Gasteiger partial charge in [0.25, 0.3) is 0 Å². The molecular formula is C24H30O3. The molecule has 3 N–H and O–H groups in total. The van der Waals surface area contributed by atoms with E-state index in [1.807, 2.05) is 64.1 Å². The largest absolute Gasteiger partial charge is 0.509 e. The van der Waals surface area contributed by atoms with Crippen LogP contribution >= 0.6 is 0 Å². The molecule has 0 saturated heterocycles. The van der Waals surface area contributed by atoms with Gasteiger partial charge in [-0.2, -0.15) is 0 Å². The van der Waals surface area contributed by atoms with Crippen LogP contribution in [0.3, 0.4) is 0 Å². The van der Waals surface area contributed by atoms with E-state index in [0.717, 1.165) is 22.3 Å². The highest BCUT2D eigenvalue weighted by Crippen LogP contribution is 2.41. The Labute approximate surface area is 162 Å². The Morgan fingerprint density at radius 1 is 0.889 bits per heavy atom. The predicted molar refractivity (Wildman–Crippen MR) is 114 cm³/mol. The van der Waals surface area contributed by atoms with Gasteiger partial charge in [0.15, 0.2) is 0 Å². The van der Waals surface area contributed by atoms with Crippen molar-refractivity contribution in [3.8, 4) is 5.75 Å². The second-order valence-corrected chi connectivity index (χ2v) is 6.70. The van der Waals surface area contributed by atoms with Crippen LogP contribution in [0.2, 0.25) is 0 Å². The van der Waals surface area contributed by atoms with E-state index in [1.54, 1.807) is 24.3 Å². The van der Waals surface area contributed by atoms with E-state index in [0.29, 0.717) is 0 Å². The van der Waals surface area contributed by atoms with E-state index in [4.69, 9.17) is 0 Å². The summed E-state index contributed by atoms with van der Waals surface area (Å²) in [6, 6.07) is 7.05. The molecule has 0 amide bonds. The number of rotatable bonds is 7. The second-order valence-electron chi connectivity index (χ2n) is 6.70. The molecule has 0 aliphatic rings. The Morgan fingerprint density at radius 2 is 1.37 bits per heavy atom. The maximum absolute atomic E-state index is 10.1. The van der Waals surface area contributed by atoms with Crippen LogP contribution in [-0.4, -0.2) is 15.3 Å². The summed E-state index contributed by atoms with van der Waals surface area (Å²) < 4.78 is 0. The quantitative estimate of drug-likeness (QED) is 0.377. The van der Waals surface area contributed by atoms with Crippen molar-refractivity contribution < 1.29 is 15.3 Å². The van der Waals surface area contributed by atoms with Gasteiger partial charge in [0.2, 0.25) is 0 Å². The first kappa shape index (κ1) is 22.1. The lowest BCUT2D eigenvalue weighted by molar-refractivity contribution is 0.425. The number of aromatic hydroxyl groups is 1. The van der Waals surface area contributed by atoms with Gasteiger partial charge in [-0.25, -0.2) is 0 Å². The molecule has 144 valence electrons. The number of aliphatic hydroxyl groups excluding tert-OH is 2. The fraction of sp³-hybridized carbons (Fsp3) is 0.250. The van der Waals surface area contributed by atoms with Crippen molar-refractivity contribution in [1.29, 1.82) is 0 Å². The summed E-state index contributed by atoms with van der Waals surface area (Å²) in [6.45, 7) is 13.2. The molecule has 0 aliphatic carbocycles. The minimum absolute atomic E-state index is 0.0258. The maximum Gasteiger partial charge on any atom is 0.115 e. The SMILES string of the molecule is C=C(O)/C=C\C(=C/C)C(C)(C(/C=C\C(O)=C(C)C)=C/C)c1ccc(O)cc1. The van der Waals surface area contributed by atoms with E-state index in [9.17, 15) is 15.3 Å². The average Bonchev–Trinajstić information content (AvgIpc) is 2.62. The molecule has 0 saturated carbocycles. The zero-order valence-corrected chi connectivity index (χ0v) is 16.8. The third kappa shape index (κ3) is 5.52. The maximum atomic E-state index is 10.1. The first-order valence-electron chi connectivity index (χ1n) is 8.90. The molecule has 3 heteroatoms. The van der Waals surface area contributed by atoms with E-state index in [2.05, 4.69) is 13.5 Å². The van der Waals surface area contributed by atoms with Crippen LogP contribution in [0.1, 0.15) is 40.2 Å². The van der Waals surface area contributed by atoms with Gasteiger partial charge in [-0.1, -0.05) is 43.0 Å². The van der Waals surface area contributed by atoms with Crippen molar-refractivity contribution in [2.45, 2.75) is 40.0 Å². The summed E-state index contributed by atoms with van der Waals surface area (Å²) in [5.74, 6) is 0.396. The minimum atomic E-state index is -0.568.